The van der Waals surface area contributed by atoms with Gasteiger partial charge in [-0.2, -0.15) is 0 Å². The Hall–Kier alpha value is -3.77. The van der Waals surface area contributed by atoms with Gasteiger partial charge in [0.2, 0.25) is 21.8 Å². The summed E-state index contributed by atoms with van der Waals surface area (Å²) in [5, 5.41) is 6.23. The second kappa shape index (κ2) is 12.0. The van der Waals surface area contributed by atoms with Crippen LogP contribution in [-0.4, -0.2) is 81.8 Å². The fourth-order valence-electron chi connectivity index (χ4n) is 4.94. The maximum atomic E-state index is 13.2. The highest BCUT2D eigenvalue weighted by molar-refractivity contribution is 7.92. The first-order valence-electron chi connectivity index (χ1n) is 13.1. The number of likely N-dealkylation sites (N-methyl/N-ethyl adjacent to an activating group) is 1. The van der Waals surface area contributed by atoms with Gasteiger partial charge in [-0.15, -0.1) is 0 Å². The Morgan fingerprint density at radius 1 is 1.02 bits per heavy atom. The Balaban J connectivity index is 1.49. The van der Waals surface area contributed by atoms with Crippen LogP contribution in [0.3, 0.4) is 0 Å². The maximum absolute atomic E-state index is 13.2. The largest absolute Gasteiger partial charge is 0.325 e. The lowest BCUT2D eigenvalue weighted by atomic mass is 9.90. The standard InChI is InChI=1S/C29H31ClN6O4S/c1-35-12-14-36(15-13-35)18-26(37)32-23-11-9-21(17-25(23)34-41(2,39)40)31-28(19-6-4-3-5-7-19)27-22-10-8-20(30)16-24(22)33-29(27)38/h3-11,16-17,27,34H,12-15,18H2,1-2H3,(H,32,37)(H,33,38). The average molecular weight is 595 g/mol. The van der Waals surface area contributed by atoms with Crippen molar-refractivity contribution in [3.8, 4) is 0 Å². The lowest BCUT2D eigenvalue weighted by molar-refractivity contribution is -0.118. The molecule has 214 valence electrons. The summed E-state index contributed by atoms with van der Waals surface area (Å²) in [6.07, 6.45) is 1.04. The Morgan fingerprint density at radius 2 is 1.76 bits per heavy atom. The molecule has 12 heteroatoms. The monoisotopic (exact) mass is 594 g/mol. The van der Waals surface area contributed by atoms with Crippen molar-refractivity contribution in [3.63, 3.8) is 0 Å². The summed E-state index contributed by atoms with van der Waals surface area (Å²) in [7, 11) is -1.63. The van der Waals surface area contributed by atoms with E-state index in [4.69, 9.17) is 16.6 Å². The smallest absolute Gasteiger partial charge is 0.238 e. The number of carbonyl (C=O) groups excluding carboxylic acids is 2. The van der Waals surface area contributed by atoms with E-state index in [1.54, 1.807) is 36.4 Å². The Kier molecular flexibility index (Phi) is 8.41. The number of benzene rings is 3. The highest BCUT2D eigenvalue weighted by atomic mass is 35.5. The zero-order valence-corrected chi connectivity index (χ0v) is 24.3. The number of nitrogens with zero attached hydrogens (tertiary/aromatic N) is 3. The van der Waals surface area contributed by atoms with Crippen molar-refractivity contribution in [3.05, 3.63) is 82.9 Å². The molecule has 5 rings (SSSR count). The minimum atomic E-state index is -3.68. The lowest BCUT2D eigenvalue weighted by Crippen LogP contribution is -2.47. The first-order valence-corrected chi connectivity index (χ1v) is 15.4. The molecule has 3 aromatic carbocycles. The molecule has 1 saturated heterocycles. The van der Waals surface area contributed by atoms with Crippen LogP contribution >= 0.6 is 11.6 Å². The molecule has 0 aromatic heterocycles. The minimum Gasteiger partial charge on any atom is -0.325 e. The van der Waals surface area contributed by atoms with Gasteiger partial charge in [0.05, 0.1) is 35.6 Å². The van der Waals surface area contributed by atoms with Crippen LogP contribution in [-0.2, 0) is 19.6 Å². The van der Waals surface area contributed by atoms with E-state index in [1.807, 2.05) is 37.4 Å². The Labute approximate surface area is 244 Å². The molecule has 0 saturated carbocycles. The van der Waals surface area contributed by atoms with Gasteiger partial charge in [-0.05, 0) is 48.5 Å². The van der Waals surface area contributed by atoms with Gasteiger partial charge < -0.3 is 15.5 Å². The molecule has 2 amide bonds. The molecule has 1 atom stereocenters. The zero-order valence-electron chi connectivity index (χ0n) is 22.7. The number of hydrogen-bond acceptors (Lipinski definition) is 7. The fraction of sp³-hybridized carbons (Fsp3) is 0.276. The second-order valence-corrected chi connectivity index (χ2v) is 12.4. The van der Waals surface area contributed by atoms with Crippen LogP contribution in [0.5, 0.6) is 0 Å². The van der Waals surface area contributed by atoms with Crippen LogP contribution in [0.1, 0.15) is 17.0 Å². The number of amides is 2. The molecule has 0 radical (unpaired) electrons. The lowest BCUT2D eigenvalue weighted by Gasteiger charge is -2.31. The van der Waals surface area contributed by atoms with Crippen molar-refractivity contribution in [1.29, 1.82) is 0 Å². The molecule has 41 heavy (non-hydrogen) atoms. The summed E-state index contributed by atoms with van der Waals surface area (Å²) in [6.45, 7) is 3.50. The fourth-order valence-corrected chi connectivity index (χ4v) is 5.68. The summed E-state index contributed by atoms with van der Waals surface area (Å²) in [4.78, 5) is 35.1. The van der Waals surface area contributed by atoms with E-state index in [9.17, 15) is 18.0 Å². The van der Waals surface area contributed by atoms with Gasteiger partial charge in [0.25, 0.3) is 0 Å². The van der Waals surface area contributed by atoms with Crippen molar-refractivity contribution in [2.45, 2.75) is 5.92 Å². The molecule has 10 nitrogen and oxygen atoms in total. The first kappa shape index (κ1) is 28.7. The third-order valence-corrected chi connectivity index (χ3v) is 7.80. The van der Waals surface area contributed by atoms with Crippen molar-refractivity contribution in [1.82, 2.24) is 9.80 Å². The van der Waals surface area contributed by atoms with E-state index >= 15 is 0 Å². The molecule has 0 aliphatic carbocycles. The van der Waals surface area contributed by atoms with Crippen LogP contribution < -0.4 is 15.4 Å². The summed E-state index contributed by atoms with van der Waals surface area (Å²) in [6, 6.07) is 19.4. The van der Waals surface area contributed by atoms with Gasteiger partial charge in [0.1, 0.15) is 5.92 Å². The van der Waals surface area contributed by atoms with E-state index in [0.717, 1.165) is 43.6 Å². The number of halogens is 1. The van der Waals surface area contributed by atoms with Gasteiger partial charge in [0.15, 0.2) is 0 Å². The Morgan fingerprint density at radius 3 is 2.46 bits per heavy atom. The third kappa shape index (κ3) is 7.12. The highest BCUT2D eigenvalue weighted by Crippen LogP contribution is 2.38. The van der Waals surface area contributed by atoms with E-state index in [1.165, 1.54) is 0 Å². The topological polar surface area (TPSA) is 123 Å². The number of carbonyl (C=O) groups is 2. The van der Waals surface area contributed by atoms with Crippen LogP contribution in [0.4, 0.5) is 22.7 Å². The first-order chi connectivity index (χ1) is 19.6. The number of aliphatic imine (C=N–C) groups is 1. The quantitative estimate of drug-likeness (QED) is 0.341. The molecule has 2 aliphatic rings. The van der Waals surface area contributed by atoms with Crippen molar-refractivity contribution >= 4 is 61.9 Å². The van der Waals surface area contributed by atoms with Crippen LogP contribution in [0, 0.1) is 0 Å². The second-order valence-electron chi connectivity index (χ2n) is 10.2. The maximum Gasteiger partial charge on any atom is 0.238 e. The van der Waals surface area contributed by atoms with Gasteiger partial charge >= 0.3 is 0 Å². The molecule has 0 spiro atoms. The van der Waals surface area contributed by atoms with Crippen LogP contribution in [0.15, 0.2) is 71.7 Å². The van der Waals surface area contributed by atoms with E-state index < -0.39 is 15.9 Å². The molecule has 3 N–H and O–H groups in total. The van der Waals surface area contributed by atoms with E-state index in [-0.39, 0.29) is 24.0 Å². The molecule has 3 aromatic rings. The Bertz CT molecular complexity index is 1600. The predicted molar refractivity (Wildman–Crippen MR) is 163 cm³/mol. The molecule has 1 unspecified atom stereocenters. The molecule has 1 fully saturated rings. The van der Waals surface area contributed by atoms with Crippen LogP contribution in [0.2, 0.25) is 5.02 Å². The molecule has 2 aliphatic heterocycles. The molecule has 2 heterocycles. The van der Waals surface area contributed by atoms with Crippen LogP contribution in [0.25, 0.3) is 0 Å². The van der Waals surface area contributed by atoms with Crippen molar-refractivity contribution in [2.75, 3.05) is 61.4 Å². The van der Waals surface area contributed by atoms with Gasteiger partial charge in [-0.1, -0.05) is 48.0 Å². The summed E-state index contributed by atoms with van der Waals surface area (Å²) < 4.78 is 26.9. The average Bonchev–Trinajstić information content (AvgIpc) is 3.24. The highest BCUT2D eigenvalue weighted by Gasteiger charge is 2.35. The minimum absolute atomic E-state index is 0.177. The number of nitrogens with one attached hydrogen (secondary N) is 3. The molecular weight excluding hydrogens is 564 g/mol. The zero-order chi connectivity index (χ0) is 29.1. The predicted octanol–water partition coefficient (Wildman–Crippen LogP) is 3.75. The van der Waals surface area contributed by atoms with Gasteiger partial charge in [0, 0.05) is 36.9 Å². The van der Waals surface area contributed by atoms with Crippen molar-refractivity contribution in [2.24, 2.45) is 4.99 Å². The van der Waals surface area contributed by atoms with Gasteiger partial charge in [-0.25, -0.2) is 8.42 Å². The van der Waals surface area contributed by atoms with E-state index in [0.29, 0.717) is 27.8 Å². The summed E-state index contributed by atoms with van der Waals surface area (Å²) in [5.74, 6) is -1.20. The number of piperazine rings is 1. The van der Waals surface area contributed by atoms with Gasteiger partial charge in [-0.3, -0.25) is 24.2 Å². The van der Waals surface area contributed by atoms with E-state index in [2.05, 4.69) is 25.2 Å². The number of anilines is 3. The number of sulfonamides is 1. The number of hydrogen-bond donors (Lipinski definition) is 3. The summed E-state index contributed by atoms with van der Waals surface area (Å²) in [5.41, 5.74) is 3.48. The number of rotatable bonds is 8. The molecule has 0 bridgehead atoms. The number of fused-ring (bicyclic) bond motifs is 1. The molecular formula is C29H31ClN6O4S. The summed E-state index contributed by atoms with van der Waals surface area (Å²) >= 11 is 6.15. The van der Waals surface area contributed by atoms with Crippen molar-refractivity contribution < 1.29 is 18.0 Å². The normalized spacial score (nSPS) is 18.1. The third-order valence-electron chi connectivity index (χ3n) is 6.97. The SMILES string of the molecule is CN1CCN(CC(=O)Nc2ccc(N=C(c3ccccc3)C3C(=O)Nc4cc(Cl)ccc43)cc2NS(C)(=O)=O)CC1.